The molecular weight excluding hydrogens is 286 g/mol. The van der Waals surface area contributed by atoms with Gasteiger partial charge in [0.15, 0.2) is 0 Å². The van der Waals surface area contributed by atoms with E-state index in [-0.39, 0.29) is 17.3 Å². The molecule has 1 N–H and O–H groups in total. The SMILES string of the molecule is Cc1csc(=O)n1CC(=O)Nc1cccc2ncccc12. The fourth-order valence-corrected chi connectivity index (χ4v) is 2.88. The second kappa shape index (κ2) is 5.49. The van der Waals surface area contributed by atoms with E-state index in [1.807, 2.05) is 37.3 Å². The highest BCUT2D eigenvalue weighted by Gasteiger charge is 2.10. The van der Waals surface area contributed by atoms with Crippen LogP contribution < -0.4 is 10.2 Å². The molecule has 6 heteroatoms. The fourth-order valence-electron chi connectivity index (χ4n) is 2.14. The topological polar surface area (TPSA) is 64.0 Å². The highest BCUT2D eigenvalue weighted by molar-refractivity contribution is 7.07. The van der Waals surface area contributed by atoms with Gasteiger partial charge in [0.25, 0.3) is 0 Å². The van der Waals surface area contributed by atoms with Gasteiger partial charge in [-0.15, -0.1) is 0 Å². The van der Waals surface area contributed by atoms with E-state index in [1.54, 1.807) is 11.6 Å². The van der Waals surface area contributed by atoms with Crippen LogP contribution in [0.2, 0.25) is 0 Å². The third kappa shape index (κ3) is 2.71. The molecule has 1 aromatic carbocycles. The third-order valence-corrected chi connectivity index (χ3v) is 4.08. The molecule has 3 aromatic rings. The van der Waals surface area contributed by atoms with E-state index < -0.39 is 0 Å². The maximum absolute atomic E-state index is 12.1. The number of carbonyl (C=O) groups is 1. The molecule has 2 heterocycles. The van der Waals surface area contributed by atoms with E-state index in [9.17, 15) is 9.59 Å². The lowest BCUT2D eigenvalue weighted by atomic mass is 10.2. The molecule has 3 rings (SSSR count). The Kier molecular flexibility index (Phi) is 3.53. The van der Waals surface area contributed by atoms with Crippen molar-refractivity contribution < 1.29 is 4.79 Å². The summed E-state index contributed by atoms with van der Waals surface area (Å²) in [6.45, 7) is 1.83. The summed E-state index contributed by atoms with van der Waals surface area (Å²) >= 11 is 1.10. The molecule has 21 heavy (non-hydrogen) atoms. The first kappa shape index (κ1) is 13.5. The molecule has 0 atom stereocenters. The Morgan fingerprint density at radius 1 is 1.33 bits per heavy atom. The van der Waals surface area contributed by atoms with Crippen LogP contribution in [0.5, 0.6) is 0 Å². The van der Waals surface area contributed by atoms with E-state index in [0.717, 1.165) is 27.9 Å². The number of hydrogen-bond donors (Lipinski definition) is 1. The standard InChI is InChI=1S/C15H13N3O2S/c1-10-9-21-15(20)18(10)8-14(19)17-13-6-2-5-12-11(13)4-3-7-16-12/h2-7,9H,8H2,1H3,(H,17,19). The van der Waals surface area contributed by atoms with Crippen molar-refractivity contribution in [3.8, 4) is 0 Å². The highest BCUT2D eigenvalue weighted by Crippen LogP contribution is 2.21. The van der Waals surface area contributed by atoms with Crippen LogP contribution in [-0.4, -0.2) is 15.5 Å². The first-order chi connectivity index (χ1) is 10.1. The number of aromatic nitrogens is 2. The Balaban J connectivity index is 1.86. The Morgan fingerprint density at radius 3 is 2.95 bits per heavy atom. The van der Waals surface area contributed by atoms with Crippen LogP contribution in [-0.2, 0) is 11.3 Å². The molecule has 0 saturated carbocycles. The van der Waals surface area contributed by atoms with Gasteiger partial charge in [-0.1, -0.05) is 17.4 Å². The minimum atomic E-state index is -0.227. The van der Waals surface area contributed by atoms with Crippen molar-refractivity contribution in [2.24, 2.45) is 0 Å². The van der Waals surface area contributed by atoms with Crippen LogP contribution in [0.1, 0.15) is 5.69 Å². The number of nitrogens with zero attached hydrogens (tertiary/aromatic N) is 2. The molecule has 0 bridgehead atoms. The summed E-state index contributed by atoms with van der Waals surface area (Å²) in [4.78, 5) is 27.9. The predicted molar refractivity (Wildman–Crippen MR) is 83.7 cm³/mol. The van der Waals surface area contributed by atoms with Crippen LogP contribution in [0.25, 0.3) is 10.9 Å². The molecule has 0 aliphatic heterocycles. The van der Waals surface area contributed by atoms with E-state index in [1.165, 1.54) is 4.57 Å². The summed E-state index contributed by atoms with van der Waals surface area (Å²) in [5.74, 6) is -0.227. The lowest BCUT2D eigenvalue weighted by Gasteiger charge is -2.09. The minimum absolute atomic E-state index is 0.0187. The average molecular weight is 299 g/mol. The van der Waals surface area contributed by atoms with Crippen molar-refractivity contribution in [2.45, 2.75) is 13.5 Å². The van der Waals surface area contributed by atoms with Gasteiger partial charge in [0, 0.05) is 22.7 Å². The first-order valence-corrected chi connectivity index (χ1v) is 7.31. The molecule has 5 nitrogen and oxygen atoms in total. The number of pyridine rings is 1. The second-order valence-electron chi connectivity index (χ2n) is 4.65. The van der Waals surface area contributed by atoms with Gasteiger partial charge in [-0.3, -0.25) is 19.1 Å². The van der Waals surface area contributed by atoms with Gasteiger partial charge in [-0.2, -0.15) is 0 Å². The maximum Gasteiger partial charge on any atom is 0.307 e. The van der Waals surface area contributed by atoms with Crippen LogP contribution in [0.15, 0.2) is 46.7 Å². The van der Waals surface area contributed by atoms with E-state index in [2.05, 4.69) is 10.3 Å². The summed E-state index contributed by atoms with van der Waals surface area (Å²) in [5, 5.41) is 5.47. The van der Waals surface area contributed by atoms with Crippen molar-refractivity contribution in [3.05, 3.63) is 57.3 Å². The Labute approximate surface area is 124 Å². The molecule has 0 fully saturated rings. The third-order valence-electron chi connectivity index (χ3n) is 3.20. The highest BCUT2D eigenvalue weighted by atomic mass is 32.1. The molecular formula is C15H13N3O2S. The number of carbonyl (C=O) groups excluding carboxylic acids is 1. The smallest absolute Gasteiger partial charge is 0.307 e. The number of hydrogen-bond acceptors (Lipinski definition) is 4. The molecule has 1 amide bonds. The van der Waals surface area contributed by atoms with Gasteiger partial charge < -0.3 is 5.32 Å². The van der Waals surface area contributed by atoms with Crippen molar-refractivity contribution in [1.82, 2.24) is 9.55 Å². The number of thiazole rings is 1. The quantitative estimate of drug-likeness (QED) is 0.807. The van der Waals surface area contributed by atoms with Crippen LogP contribution in [0, 0.1) is 6.92 Å². The summed E-state index contributed by atoms with van der Waals surface area (Å²) in [7, 11) is 0. The molecule has 0 spiro atoms. The van der Waals surface area contributed by atoms with Gasteiger partial charge >= 0.3 is 4.87 Å². The van der Waals surface area contributed by atoms with Crippen LogP contribution in [0.4, 0.5) is 5.69 Å². The Morgan fingerprint density at radius 2 is 2.19 bits per heavy atom. The molecule has 0 unspecified atom stereocenters. The molecule has 0 aliphatic carbocycles. The summed E-state index contributed by atoms with van der Waals surface area (Å²) < 4.78 is 1.46. The zero-order valence-electron chi connectivity index (χ0n) is 11.4. The lowest BCUT2D eigenvalue weighted by molar-refractivity contribution is -0.116. The van der Waals surface area contributed by atoms with Gasteiger partial charge in [0.2, 0.25) is 5.91 Å². The number of amides is 1. The molecule has 0 aliphatic rings. The monoisotopic (exact) mass is 299 g/mol. The van der Waals surface area contributed by atoms with Gasteiger partial charge in [-0.05, 0) is 31.2 Å². The van der Waals surface area contributed by atoms with Gasteiger partial charge in [-0.25, -0.2) is 0 Å². The van der Waals surface area contributed by atoms with E-state index >= 15 is 0 Å². The van der Waals surface area contributed by atoms with Crippen molar-refractivity contribution in [2.75, 3.05) is 5.32 Å². The largest absolute Gasteiger partial charge is 0.324 e. The first-order valence-electron chi connectivity index (χ1n) is 6.43. The number of aryl methyl sites for hydroxylation is 1. The van der Waals surface area contributed by atoms with Crippen molar-refractivity contribution >= 4 is 33.8 Å². The molecule has 0 saturated heterocycles. The number of nitrogens with one attached hydrogen (secondary N) is 1. The maximum atomic E-state index is 12.1. The lowest BCUT2D eigenvalue weighted by Crippen LogP contribution is -2.25. The average Bonchev–Trinajstić information content (AvgIpc) is 2.79. The van der Waals surface area contributed by atoms with Crippen molar-refractivity contribution in [1.29, 1.82) is 0 Å². The summed E-state index contributed by atoms with van der Waals surface area (Å²) in [5.41, 5.74) is 2.31. The summed E-state index contributed by atoms with van der Waals surface area (Å²) in [6.07, 6.45) is 1.71. The number of benzene rings is 1. The fraction of sp³-hybridized carbons (Fsp3) is 0.133. The van der Waals surface area contributed by atoms with E-state index in [4.69, 9.17) is 0 Å². The minimum Gasteiger partial charge on any atom is -0.324 e. The van der Waals surface area contributed by atoms with Crippen molar-refractivity contribution in [3.63, 3.8) is 0 Å². The predicted octanol–water partition coefficient (Wildman–Crippen LogP) is 2.41. The molecule has 0 radical (unpaired) electrons. The number of anilines is 1. The van der Waals surface area contributed by atoms with Gasteiger partial charge in [0.05, 0.1) is 11.2 Å². The van der Waals surface area contributed by atoms with Gasteiger partial charge in [0.1, 0.15) is 6.54 Å². The van der Waals surface area contributed by atoms with E-state index in [0.29, 0.717) is 5.69 Å². The second-order valence-corrected chi connectivity index (χ2v) is 5.47. The van der Waals surface area contributed by atoms with Crippen LogP contribution in [0.3, 0.4) is 0 Å². The normalized spacial score (nSPS) is 10.7. The van der Waals surface area contributed by atoms with Crippen LogP contribution >= 0.6 is 11.3 Å². The summed E-state index contributed by atoms with van der Waals surface area (Å²) in [6, 6.07) is 9.28. The number of rotatable bonds is 3. The zero-order valence-corrected chi connectivity index (χ0v) is 12.2. The number of fused-ring (bicyclic) bond motifs is 1. The Hall–Kier alpha value is -2.47. The molecule has 106 valence electrons. The molecule has 2 aromatic heterocycles. The Bertz CT molecular complexity index is 861. The zero-order chi connectivity index (χ0) is 14.8.